The van der Waals surface area contributed by atoms with Crippen LogP contribution in [0, 0.1) is 0 Å². The van der Waals surface area contributed by atoms with Gasteiger partial charge in [0, 0.05) is 29.5 Å². The molecule has 1 aliphatic heterocycles. The Hall–Kier alpha value is -1.27. The lowest BCUT2D eigenvalue weighted by Crippen LogP contribution is -2.25. The van der Waals surface area contributed by atoms with Crippen LogP contribution in [-0.4, -0.2) is 29.3 Å². The molecule has 7 heteroatoms. The molecule has 0 bridgehead atoms. The Morgan fingerprint density at radius 2 is 1.96 bits per heavy atom. The van der Waals surface area contributed by atoms with E-state index in [1.165, 1.54) is 27.3 Å². The second-order valence-corrected chi connectivity index (χ2v) is 6.82. The van der Waals surface area contributed by atoms with E-state index in [9.17, 15) is 4.79 Å². The predicted molar refractivity (Wildman–Crippen MR) is 94.4 cm³/mol. The number of nitrogens with zero attached hydrogens (tertiary/aromatic N) is 1. The van der Waals surface area contributed by atoms with Crippen LogP contribution in [0.4, 0.5) is 4.79 Å². The zero-order valence-electron chi connectivity index (χ0n) is 12.3. The zero-order chi connectivity index (χ0) is 15.5. The van der Waals surface area contributed by atoms with Gasteiger partial charge in [0.05, 0.1) is 0 Å². The van der Waals surface area contributed by atoms with Crippen molar-refractivity contribution in [2.45, 2.75) is 19.4 Å². The number of fused-ring (bicyclic) bond motifs is 1. The molecule has 23 heavy (non-hydrogen) atoms. The van der Waals surface area contributed by atoms with E-state index in [0.29, 0.717) is 5.06 Å². The number of rotatable bonds is 3. The molecule has 0 amide bonds. The fourth-order valence-corrected chi connectivity index (χ4v) is 3.82. The Balaban J connectivity index is 0.00000192. The van der Waals surface area contributed by atoms with Crippen LogP contribution in [0.1, 0.15) is 16.0 Å². The molecule has 0 unspecified atom stereocenters. The van der Waals surface area contributed by atoms with Gasteiger partial charge in [-0.1, -0.05) is 23.7 Å². The molecule has 2 aromatic rings. The molecule has 0 saturated carbocycles. The maximum absolute atomic E-state index is 10.6. The molecule has 1 aromatic heterocycles. The van der Waals surface area contributed by atoms with E-state index in [4.69, 9.17) is 21.4 Å². The largest absolute Gasteiger partial charge is 0.512 e. The molecule has 2 heterocycles. The molecule has 124 valence electrons. The summed E-state index contributed by atoms with van der Waals surface area (Å²) in [6.07, 6.45) is 0.597. The Bertz CT molecular complexity index is 647. The fraction of sp³-hybridized carbons (Fsp3) is 0.312. The first-order valence-electron chi connectivity index (χ1n) is 7.09. The smallest absolute Gasteiger partial charge is 0.449 e. The Morgan fingerprint density at radius 3 is 2.65 bits per heavy atom. The van der Waals surface area contributed by atoms with Crippen molar-refractivity contribution in [2.75, 3.05) is 13.1 Å². The second kappa shape index (κ2) is 8.02. The summed E-state index contributed by atoms with van der Waals surface area (Å²) in [6.45, 7) is 2.83. The highest BCUT2D eigenvalue weighted by Crippen LogP contribution is 2.32. The summed E-state index contributed by atoms with van der Waals surface area (Å²) in [5.74, 6) is 0. The van der Waals surface area contributed by atoms with Crippen LogP contribution < -0.4 is 4.74 Å². The molecular formula is C16H17Cl2NO3S. The number of carbonyl (C=O) groups is 1. The molecule has 0 spiro atoms. The van der Waals surface area contributed by atoms with Crippen LogP contribution in [0.25, 0.3) is 0 Å². The van der Waals surface area contributed by atoms with Crippen molar-refractivity contribution in [1.29, 1.82) is 0 Å². The number of hydrogen-bond donors (Lipinski definition) is 1. The highest BCUT2D eigenvalue weighted by Gasteiger charge is 2.18. The molecule has 0 saturated heterocycles. The zero-order valence-corrected chi connectivity index (χ0v) is 14.7. The average Bonchev–Trinajstić information content (AvgIpc) is 2.76. The number of thiophene rings is 1. The van der Waals surface area contributed by atoms with E-state index in [-0.39, 0.29) is 12.4 Å². The van der Waals surface area contributed by atoms with Crippen LogP contribution in [0.3, 0.4) is 0 Å². The van der Waals surface area contributed by atoms with Crippen molar-refractivity contribution < 1.29 is 14.6 Å². The standard InChI is InChI=1S/C16H16ClNO3S.ClH/c17-13-3-1-11(2-4-13)10-18-7-5-12-9-15(21-16(19)20)22-14(12)6-8-18;/h1-4,9H,5-8,10H2,(H,19,20);1H. The van der Waals surface area contributed by atoms with Gasteiger partial charge in [-0.2, -0.15) is 0 Å². The molecule has 0 fully saturated rings. The molecule has 3 rings (SSSR count). The molecule has 1 N–H and O–H groups in total. The van der Waals surface area contributed by atoms with E-state index < -0.39 is 6.16 Å². The monoisotopic (exact) mass is 373 g/mol. The summed E-state index contributed by atoms with van der Waals surface area (Å²) in [4.78, 5) is 14.2. The van der Waals surface area contributed by atoms with Gasteiger partial charge in [-0.25, -0.2) is 4.79 Å². The van der Waals surface area contributed by atoms with Crippen LogP contribution in [-0.2, 0) is 19.4 Å². The van der Waals surface area contributed by atoms with Crippen molar-refractivity contribution in [3.05, 3.63) is 51.4 Å². The van der Waals surface area contributed by atoms with Gasteiger partial charge in [0.15, 0.2) is 5.06 Å². The van der Waals surface area contributed by atoms with Crippen molar-refractivity contribution in [2.24, 2.45) is 0 Å². The van der Waals surface area contributed by atoms with Crippen molar-refractivity contribution >= 4 is 41.5 Å². The van der Waals surface area contributed by atoms with E-state index in [2.05, 4.69) is 17.0 Å². The van der Waals surface area contributed by atoms with Gasteiger partial charge < -0.3 is 9.84 Å². The van der Waals surface area contributed by atoms with Gasteiger partial charge in [-0.3, -0.25) is 4.90 Å². The summed E-state index contributed by atoms with van der Waals surface area (Å²) in [7, 11) is 0. The van der Waals surface area contributed by atoms with Crippen LogP contribution in [0.5, 0.6) is 5.06 Å². The van der Waals surface area contributed by atoms with Gasteiger partial charge in [-0.15, -0.1) is 23.7 Å². The number of halogens is 2. The van der Waals surface area contributed by atoms with Gasteiger partial charge in [0.2, 0.25) is 0 Å². The lowest BCUT2D eigenvalue weighted by Gasteiger charge is -2.19. The molecule has 0 atom stereocenters. The minimum Gasteiger partial charge on any atom is -0.449 e. The molecule has 1 aliphatic rings. The van der Waals surface area contributed by atoms with Gasteiger partial charge in [0.1, 0.15) is 0 Å². The lowest BCUT2D eigenvalue weighted by molar-refractivity contribution is 0.146. The minimum atomic E-state index is -1.25. The molecule has 4 nitrogen and oxygen atoms in total. The van der Waals surface area contributed by atoms with E-state index in [0.717, 1.165) is 37.5 Å². The summed E-state index contributed by atoms with van der Waals surface area (Å²) in [6, 6.07) is 9.81. The van der Waals surface area contributed by atoms with Crippen molar-refractivity contribution in [1.82, 2.24) is 4.90 Å². The summed E-state index contributed by atoms with van der Waals surface area (Å²) in [5.41, 5.74) is 2.46. The Kier molecular flexibility index (Phi) is 6.30. The van der Waals surface area contributed by atoms with Crippen LogP contribution >= 0.6 is 35.3 Å². The van der Waals surface area contributed by atoms with Crippen molar-refractivity contribution in [3.8, 4) is 5.06 Å². The first-order chi connectivity index (χ1) is 10.6. The maximum Gasteiger partial charge on any atom is 0.512 e. The van der Waals surface area contributed by atoms with Gasteiger partial charge >= 0.3 is 6.16 Å². The lowest BCUT2D eigenvalue weighted by atomic mass is 10.2. The summed E-state index contributed by atoms with van der Waals surface area (Å²) < 4.78 is 4.75. The third-order valence-electron chi connectivity index (χ3n) is 3.73. The SMILES string of the molecule is Cl.O=C(O)Oc1cc2c(s1)CCN(Cc1ccc(Cl)cc1)CC2. The average molecular weight is 374 g/mol. The number of ether oxygens (including phenoxy) is 1. The van der Waals surface area contributed by atoms with E-state index in [1.54, 1.807) is 0 Å². The normalized spacial score (nSPS) is 14.5. The summed E-state index contributed by atoms with van der Waals surface area (Å²) in [5, 5.41) is 9.91. The molecule has 1 aromatic carbocycles. The number of carboxylic acid groups (broad SMARTS) is 1. The molecular weight excluding hydrogens is 357 g/mol. The first kappa shape index (κ1) is 18.1. The van der Waals surface area contributed by atoms with Crippen LogP contribution in [0.15, 0.2) is 30.3 Å². The van der Waals surface area contributed by atoms with Gasteiger partial charge in [-0.05, 0) is 42.2 Å². The van der Waals surface area contributed by atoms with Crippen LogP contribution in [0.2, 0.25) is 5.02 Å². The Labute approximate surface area is 150 Å². The molecule has 0 radical (unpaired) electrons. The third kappa shape index (κ3) is 4.85. The Morgan fingerprint density at radius 1 is 1.26 bits per heavy atom. The van der Waals surface area contributed by atoms with Crippen molar-refractivity contribution in [3.63, 3.8) is 0 Å². The number of benzene rings is 1. The summed E-state index contributed by atoms with van der Waals surface area (Å²) >= 11 is 7.35. The minimum absolute atomic E-state index is 0. The fourth-order valence-electron chi connectivity index (χ4n) is 2.65. The number of hydrogen-bond acceptors (Lipinski definition) is 4. The third-order valence-corrected chi connectivity index (χ3v) is 5.10. The quantitative estimate of drug-likeness (QED) is 0.805. The molecule has 0 aliphatic carbocycles. The van der Waals surface area contributed by atoms with E-state index >= 15 is 0 Å². The maximum atomic E-state index is 10.6. The van der Waals surface area contributed by atoms with Gasteiger partial charge in [0.25, 0.3) is 0 Å². The predicted octanol–water partition coefficient (Wildman–Crippen LogP) is 4.48. The highest BCUT2D eigenvalue weighted by molar-refractivity contribution is 7.14. The topological polar surface area (TPSA) is 49.8 Å². The highest BCUT2D eigenvalue weighted by atomic mass is 35.5. The van der Waals surface area contributed by atoms with E-state index in [1.807, 2.05) is 18.2 Å². The second-order valence-electron chi connectivity index (χ2n) is 5.28. The first-order valence-corrected chi connectivity index (χ1v) is 8.29.